The third-order valence-electron chi connectivity index (χ3n) is 0.830. The Balaban J connectivity index is 3.34. The van der Waals surface area contributed by atoms with Crippen LogP contribution >= 0.6 is 39.7 Å². The van der Waals surface area contributed by atoms with Gasteiger partial charge >= 0.3 is 0 Å². The summed E-state index contributed by atoms with van der Waals surface area (Å²) in [5.41, 5.74) is 0. The Morgan fingerprint density at radius 2 is 2.33 bits per heavy atom. The van der Waals surface area contributed by atoms with Gasteiger partial charge in [-0.05, 0) is 22.0 Å². The van der Waals surface area contributed by atoms with Crippen LogP contribution in [0.25, 0.3) is 0 Å². The maximum Gasteiger partial charge on any atom is 0.107 e. The van der Waals surface area contributed by atoms with Crippen LogP contribution < -0.4 is 0 Å². The molecule has 0 spiro atoms. The molecular formula is C5H3BrClNS. The fraction of sp³-hybridized carbons (Fsp3) is 0. The third-order valence-corrected chi connectivity index (χ3v) is 2.30. The molecule has 4 heteroatoms. The highest BCUT2D eigenvalue weighted by Gasteiger charge is 1.89. The van der Waals surface area contributed by atoms with Gasteiger partial charge in [0.25, 0.3) is 0 Å². The van der Waals surface area contributed by atoms with E-state index in [1.807, 2.05) is 0 Å². The number of aromatic nitrogens is 1. The van der Waals surface area contributed by atoms with Gasteiger partial charge in [-0.3, -0.25) is 0 Å². The Morgan fingerprint density at radius 3 is 2.78 bits per heavy atom. The molecule has 0 saturated heterocycles. The molecule has 0 unspecified atom stereocenters. The van der Waals surface area contributed by atoms with Crippen molar-refractivity contribution in [2.45, 2.75) is 0 Å². The molecule has 0 radical (unpaired) electrons. The summed E-state index contributed by atoms with van der Waals surface area (Å²) in [7, 11) is 0. The lowest BCUT2D eigenvalue weighted by Gasteiger charge is -1.90. The molecule has 0 saturated carbocycles. The topological polar surface area (TPSA) is 15.8 Å². The normalized spacial score (nSPS) is 9.56. The lowest BCUT2D eigenvalue weighted by molar-refractivity contribution is 1.30. The van der Waals surface area contributed by atoms with E-state index in [4.69, 9.17) is 23.8 Å². The van der Waals surface area contributed by atoms with E-state index in [0.29, 0.717) is 5.15 Å². The van der Waals surface area contributed by atoms with Crippen LogP contribution in [0.15, 0.2) is 16.7 Å². The molecule has 0 aliphatic rings. The summed E-state index contributed by atoms with van der Waals surface area (Å²) in [6, 6.07) is 1.68. The summed E-state index contributed by atoms with van der Waals surface area (Å²) in [5, 5.41) is 0.559. The third kappa shape index (κ3) is 1.78. The zero-order valence-corrected chi connectivity index (χ0v) is 7.48. The predicted molar refractivity (Wildman–Crippen MR) is 44.3 cm³/mol. The zero-order chi connectivity index (χ0) is 6.85. The van der Waals surface area contributed by atoms with Crippen LogP contribution in [0, 0.1) is 4.51 Å². The largest absolute Gasteiger partial charge is 0.351 e. The minimum absolute atomic E-state index is 0.559. The number of hydrogen-bond donors (Lipinski definition) is 1. The number of hydrogen-bond acceptors (Lipinski definition) is 1. The number of nitrogens with one attached hydrogen (secondary N) is 1. The fourth-order valence-electron chi connectivity index (χ4n) is 0.429. The van der Waals surface area contributed by atoms with Crippen molar-refractivity contribution in [1.82, 2.24) is 4.98 Å². The summed E-state index contributed by atoms with van der Waals surface area (Å²) in [5.74, 6) is 0. The quantitative estimate of drug-likeness (QED) is 0.529. The second-order valence-electron chi connectivity index (χ2n) is 1.49. The van der Waals surface area contributed by atoms with Gasteiger partial charge in [0.05, 0.1) is 8.98 Å². The van der Waals surface area contributed by atoms with E-state index in [-0.39, 0.29) is 0 Å². The molecule has 0 amide bonds. The van der Waals surface area contributed by atoms with Crippen molar-refractivity contribution in [1.29, 1.82) is 0 Å². The van der Waals surface area contributed by atoms with Crippen molar-refractivity contribution in [3.05, 3.63) is 26.4 Å². The van der Waals surface area contributed by atoms with Crippen molar-refractivity contribution < 1.29 is 0 Å². The second kappa shape index (κ2) is 2.82. The smallest absolute Gasteiger partial charge is 0.107 e. The minimum Gasteiger partial charge on any atom is -0.351 e. The maximum atomic E-state index is 5.57. The first-order chi connectivity index (χ1) is 4.20. The molecule has 0 aromatic carbocycles. The molecule has 1 aromatic rings. The first-order valence-corrected chi connectivity index (χ1v) is 3.82. The molecule has 1 heterocycles. The Hall–Kier alpha value is 0.140. The summed E-state index contributed by atoms with van der Waals surface area (Å²) in [4.78, 5) is 2.79. The summed E-state index contributed by atoms with van der Waals surface area (Å²) in [6.07, 6.45) is 1.71. The number of pyridine rings is 1. The van der Waals surface area contributed by atoms with Crippen LogP contribution in [0.5, 0.6) is 0 Å². The average molecular weight is 225 g/mol. The molecule has 48 valence electrons. The van der Waals surface area contributed by atoms with Crippen LogP contribution in [0.4, 0.5) is 0 Å². The molecule has 0 aliphatic carbocycles. The molecule has 0 bridgehead atoms. The molecule has 0 atom stereocenters. The molecule has 1 N–H and O–H groups in total. The minimum atomic E-state index is 0.559. The zero-order valence-electron chi connectivity index (χ0n) is 4.32. The van der Waals surface area contributed by atoms with Gasteiger partial charge < -0.3 is 4.98 Å². The number of H-pyrrole nitrogens is 1. The summed E-state index contributed by atoms with van der Waals surface area (Å²) >= 11 is 13.7. The number of rotatable bonds is 0. The lowest BCUT2D eigenvalue weighted by Crippen LogP contribution is -1.73. The number of aromatic amines is 1. The first-order valence-electron chi connectivity index (χ1n) is 2.24. The van der Waals surface area contributed by atoms with Gasteiger partial charge in [-0.15, -0.1) is 0 Å². The Morgan fingerprint density at radius 1 is 1.67 bits per heavy atom. The molecular weight excluding hydrogens is 221 g/mol. The van der Waals surface area contributed by atoms with Crippen molar-refractivity contribution in [2.24, 2.45) is 0 Å². The van der Waals surface area contributed by atoms with Crippen molar-refractivity contribution in [3.63, 3.8) is 0 Å². The summed E-state index contributed by atoms with van der Waals surface area (Å²) < 4.78 is 1.58. The average Bonchev–Trinajstić information content (AvgIpc) is 1.80. The van der Waals surface area contributed by atoms with Crippen molar-refractivity contribution in [2.75, 3.05) is 0 Å². The van der Waals surface area contributed by atoms with Crippen molar-refractivity contribution in [3.8, 4) is 0 Å². The SMILES string of the molecule is S=c1cc(Cl)[nH]cc1Br. The van der Waals surface area contributed by atoms with E-state index in [9.17, 15) is 0 Å². The molecule has 1 nitrogen and oxygen atoms in total. The highest BCUT2D eigenvalue weighted by atomic mass is 79.9. The lowest BCUT2D eigenvalue weighted by atomic mass is 10.5. The number of halogens is 2. The van der Waals surface area contributed by atoms with E-state index in [2.05, 4.69) is 20.9 Å². The molecule has 1 aromatic heterocycles. The Bertz CT molecular complexity index is 270. The van der Waals surface area contributed by atoms with Crippen LogP contribution in [0.2, 0.25) is 5.15 Å². The second-order valence-corrected chi connectivity index (χ2v) is 3.19. The maximum absolute atomic E-state index is 5.57. The standard InChI is InChI=1S/C5H3BrClNS/c6-3-2-8-5(7)1-4(3)9/h1-2H,(H,8,9). The Kier molecular flexibility index (Phi) is 2.27. The van der Waals surface area contributed by atoms with Crippen molar-refractivity contribution >= 4 is 39.7 Å². The van der Waals surface area contributed by atoms with E-state index in [1.165, 1.54) is 0 Å². The van der Waals surface area contributed by atoms with Gasteiger partial charge in [-0.25, -0.2) is 0 Å². The van der Waals surface area contributed by atoms with Crippen LogP contribution in [-0.4, -0.2) is 4.98 Å². The van der Waals surface area contributed by atoms with Gasteiger partial charge in [-0.2, -0.15) is 0 Å². The van der Waals surface area contributed by atoms with Gasteiger partial charge in [0, 0.05) is 6.20 Å². The van der Waals surface area contributed by atoms with Gasteiger partial charge in [0.15, 0.2) is 0 Å². The Labute approximate surface area is 71.2 Å². The monoisotopic (exact) mass is 223 g/mol. The molecule has 9 heavy (non-hydrogen) atoms. The van der Waals surface area contributed by atoms with E-state index in [0.717, 1.165) is 8.98 Å². The predicted octanol–water partition coefficient (Wildman–Crippen LogP) is 3.16. The van der Waals surface area contributed by atoms with Crippen LogP contribution in [0.1, 0.15) is 0 Å². The highest BCUT2D eigenvalue weighted by Crippen LogP contribution is 2.13. The van der Waals surface area contributed by atoms with E-state index < -0.39 is 0 Å². The molecule has 0 fully saturated rings. The molecule has 0 aliphatic heterocycles. The summed E-state index contributed by atoms with van der Waals surface area (Å²) in [6.45, 7) is 0. The van der Waals surface area contributed by atoms with E-state index >= 15 is 0 Å². The van der Waals surface area contributed by atoms with Gasteiger partial charge in [-0.1, -0.05) is 23.8 Å². The molecule has 1 rings (SSSR count). The van der Waals surface area contributed by atoms with Gasteiger partial charge in [0.2, 0.25) is 0 Å². The highest BCUT2D eigenvalue weighted by molar-refractivity contribution is 9.10. The fourth-order valence-corrected chi connectivity index (χ4v) is 1.06. The van der Waals surface area contributed by atoms with Crippen LogP contribution in [-0.2, 0) is 0 Å². The van der Waals surface area contributed by atoms with Crippen LogP contribution in [0.3, 0.4) is 0 Å². The van der Waals surface area contributed by atoms with E-state index in [1.54, 1.807) is 12.3 Å². The first kappa shape index (κ1) is 7.25. The van der Waals surface area contributed by atoms with Gasteiger partial charge in [0.1, 0.15) is 5.15 Å².